The summed E-state index contributed by atoms with van der Waals surface area (Å²) < 4.78 is 0. The van der Waals surface area contributed by atoms with E-state index in [0.717, 1.165) is 6.04 Å². The molecule has 3 saturated heterocycles. The molecule has 0 amide bonds. The summed E-state index contributed by atoms with van der Waals surface area (Å²) in [5.41, 5.74) is 4.00. The van der Waals surface area contributed by atoms with Crippen LogP contribution in [0.4, 0.5) is 5.69 Å². The number of hydrogen-bond donors (Lipinski definition) is 2. The summed E-state index contributed by atoms with van der Waals surface area (Å²) in [6.45, 7) is 4.96. The molecule has 3 aliphatic heterocycles. The van der Waals surface area contributed by atoms with Crippen molar-refractivity contribution in [3.05, 3.63) is 66.7 Å². The van der Waals surface area contributed by atoms with Crippen LogP contribution < -0.4 is 4.90 Å². The van der Waals surface area contributed by atoms with E-state index in [0.29, 0.717) is 12.2 Å². The van der Waals surface area contributed by atoms with Crippen LogP contribution in [0.3, 0.4) is 0 Å². The summed E-state index contributed by atoms with van der Waals surface area (Å²) in [5.74, 6) is -2.51. The molecule has 3 aliphatic rings. The monoisotopic (exact) mass is 394 g/mol. The smallest absolute Gasteiger partial charge is 0.328 e. The van der Waals surface area contributed by atoms with Crippen LogP contribution >= 0.6 is 0 Å². The molecule has 0 aromatic heterocycles. The van der Waals surface area contributed by atoms with Crippen molar-refractivity contribution in [1.82, 2.24) is 4.90 Å². The zero-order valence-corrected chi connectivity index (χ0v) is 16.3. The van der Waals surface area contributed by atoms with Crippen molar-refractivity contribution in [3.63, 3.8) is 0 Å². The van der Waals surface area contributed by atoms with E-state index in [2.05, 4.69) is 64.4 Å². The molecule has 3 heterocycles. The first-order chi connectivity index (χ1) is 14.0. The Morgan fingerprint density at radius 1 is 0.759 bits per heavy atom. The Morgan fingerprint density at radius 3 is 1.86 bits per heavy atom. The number of carboxylic acids is 2. The van der Waals surface area contributed by atoms with Crippen molar-refractivity contribution in [2.45, 2.75) is 18.9 Å². The van der Waals surface area contributed by atoms with Gasteiger partial charge in [0.1, 0.15) is 0 Å². The van der Waals surface area contributed by atoms with Gasteiger partial charge in [-0.2, -0.15) is 0 Å². The molecule has 2 bridgehead atoms. The van der Waals surface area contributed by atoms with Crippen molar-refractivity contribution in [1.29, 1.82) is 0 Å². The van der Waals surface area contributed by atoms with E-state index >= 15 is 0 Å². The molecular formula is C23H26N2O4. The van der Waals surface area contributed by atoms with Crippen LogP contribution in [0.2, 0.25) is 0 Å². The first-order valence-corrected chi connectivity index (χ1v) is 9.81. The van der Waals surface area contributed by atoms with Crippen molar-refractivity contribution >= 4 is 17.6 Å². The molecule has 0 spiro atoms. The molecule has 2 N–H and O–H groups in total. The van der Waals surface area contributed by atoms with Gasteiger partial charge in [0, 0.05) is 50.1 Å². The molecule has 5 rings (SSSR count). The second-order valence-corrected chi connectivity index (χ2v) is 7.19. The summed E-state index contributed by atoms with van der Waals surface area (Å²) in [6, 6.07) is 20.5. The second kappa shape index (κ2) is 9.89. The van der Waals surface area contributed by atoms with Gasteiger partial charge in [-0.1, -0.05) is 42.5 Å². The number of rotatable bonds is 4. The molecule has 2 aromatic rings. The Labute approximate surface area is 170 Å². The molecule has 6 heteroatoms. The minimum atomic E-state index is -1.26. The summed E-state index contributed by atoms with van der Waals surface area (Å²) in [5, 5.41) is 15.6. The van der Waals surface area contributed by atoms with Crippen LogP contribution in [-0.4, -0.2) is 59.3 Å². The van der Waals surface area contributed by atoms with Gasteiger partial charge in [-0.05, 0) is 36.1 Å². The first kappa shape index (κ1) is 20.6. The molecule has 3 fully saturated rings. The highest BCUT2D eigenvalue weighted by Crippen LogP contribution is 2.28. The fourth-order valence-electron chi connectivity index (χ4n) is 3.84. The lowest BCUT2D eigenvalue weighted by molar-refractivity contribution is -0.134. The largest absolute Gasteiger partial charge is 0.478 e. The average molecular weight is 394 g/mol. The van der Waals surface area contributed by atoms with Gasteiger partial charge in [-0.15, -0.1) is 0 Å². The van der Waals surface area contributed by atoms with Gasteiger partial charge in [0.25, 0.3) is 0 Å². The Kier molecular flexibility index (Phi) is 7.03. The van der Waals surface area contributed by atoms with Crippen LogP contribution in [0.15, 0.2) is 66.7 Å². The van der Waals surface area contributed by atoms with Gasteiger partial charge in [-0.3, -0.25) is 0 Å². The van der Waals surface area contributed by atoms with Crippen LogP contribution in [0.5, 0.6) is 0 Å². The topological polar surface area (TPSA) is 81.1 Å². The number of hydrogen-bond acceptors (Lipinski definition) is 4. The van der Waals surface area contributed by atoms with Gasteiger partial charge in [-0.25, -0.2) is 9.59 Å². The quantitative estimate of drug-likeness (QED) is 0.774. The Hall–Kier alpha value is -3.12. The number of fused-ring (bicyclic) bond motifs is 4. The minimum Gasteiger partial charge on any atom is -0.478 e. The van der Waals surface area contributed by atoms with Gasteiger partial charge in [0.15, 0.2) is 0 Å². The molecular weight excluding hydrogens is 368 g/mol. The number of nitrogens with zero attached hydrogens (tertiary/aromatic N) is 2. The fraction of sp³-hybridized carbons (Fsp3) is 0.304. The molecule has 0 unspecified atom stereocenters. The number of benzene rings is 2. The average Bonchev–Trinajstić information content (AvgIpc) is 3.07. The third-order valence-corrected chi connectivity index (χ3v) is 5.33. The van der Waals surface area contributed by atoms with Gasteiger partial charge in [0.05, 0.1) is 0 Å². The highest BCUT2D eigenvalue weighted by Gasteiger charge is 2.28. The van der Waals surface area contributed by atoms with Gasteiger partial charge >= 0.3 is 11.9 Å². The summed E-state index contributed by atoms with van der Waals surface area (Å²) in [4.78, 5) is 24.3. The predicted molar refractivity (Wildman–Crippen MR) is 113 cm³/mol. The number of aliphatic carboxylic acids is 2. The Balaban J connectivity index is 0.000000258. The zero-order chi connectivity index (χ0) is 20.6. The summed E-state index contributed by atoms with van der Waals surface area (Å²) >= 11 is 0. The highest BCUT2D eigenvalue weighted by molar-refractivity contribution is 5.89. The molecule has 0 saturated carbocycles. The lowest BCUT2D eigenvalue weighted by Gasteiger charge is -2.33. The normalized spacial score (nSPS) is 20.6. The molecule has 152 valence electrons. The number of piperidine rings is 1. The van der Waals surface area contributed by atoms with Crippen molar-refractivity contribution in [2.24, 2.45) is 0 Å². The predicted octanol–water partition coefficient (Wildman–Crippen LogP) is 3.35. The molecule has 6 nitrogen and oxygen atoms in total. The van der Waals surface area contributed by atoms with E-state index in [1.54, 1.807) is 0 Å². The SMILES string of the molecule is O=C(O)/C=C/C(=O)O.c1ccc(-c2ccc(N3CCN4CCC3CC4)cc2)cc1. The number of carbonyl (C=O) groups is 2. The molecule has 29 heavy (non-hydrogen) atoms. The maximum Gasteiger partial charge on any atom is 0.328 e. The molecule has 0 atom stereocenters. The maximum atomic E-state index is 9.55. The van der Waals surface area contributed by atoms with E-state index in [9.17, 15) is 9.59 Å². The Bertz CT molecular complexity index is 825. The second-order valence-electron chi connectivity index (χ2n) is 7.19. The third kappa shape index (κ3) is 5.93. The lowest BCUT2D eigenvalue weighted by Crippen LogP contribution is -2.37. The van der Waals surface area contributed by atoms with E-state index in [-0.39, 0.29) is 0 Å². The van der Waals surface area contributed by atoms with Gasteiger partial charge < -0.3 is 20.0 Å². The van der Waals surface area contributed by atoms with Crippen LogP contribution in [-0.2, 0) is 9.59 Å². The van der Waals surface area contributed by atoms with Crippen molar-refractivity contribution in [3.8, 4) is 11.1 Å². The lowest BCUT2D eigenvalue weighted by atomic mass is 10.0. The van der Waals surface area contributed by atoms with Gasteiger partial charge in [0.2, 0.25) is 0 Å². The maximum absolute atomic E-state index is 9.55. The Morgan fingerprint density at radius 2 is 1.31 bits per heavy atom. The highest BCUT2D eigenvalue weighted by atomic mass is 16.4. The van der Waals surface area contributed by atoms with E-state index in [4.69, 9.17) is 10.2 Å². The van der Waals surface area contributed by atoms with E-state index in [1.165, 1.54) is 55.8 Å². The van der Waals surface area contributed by atoms with E-state index in [1.807, 2.05) is 0 Å². The van der Waals surface area contributed by atoms with Crippen LogP contribution in [0.1, 0.15) is 12.8 Å². The fourth-order valence-corrected chi connectivity index (χ4v) is 3.84. The van der Waals surface area contributed by atoms with Crippen LogP contribution in [0, 0.1) is 0 Å². The number of anilines is 1. The summed E-state index contributed by atoms with van der Waals surface area (Å²) in [7, 11) is 0. The molecule has 2 aromatic carbocycles. The minimum absolute atomic E-state index is 0.558. The van der Waals surface area contributed by atoms with Crippen LogP contribution in [0.25, 0.3) is 11.1 Å². The summed E-state index contributed by atoms with van der Waals surface area (Å²) in [6.07, 6.45) is 3.76. The molecule has 0 radical (unpaired) electrons. The molecule has 0 aliphatic carbocycles. The standard InChI is InChI=1S/C19H22N2.C4H4O4/c1-2-4-16(5-3-1)17-6-8-18(9-7-17)21-15-14-20-12-10-19(21)11-13-20;5-3(6)1-2-4(7)8/h1-9,19H,10-15H2;1-2H,(H,5,6)(H,7,8)/b;2-1+. The van der Waals surface area contributed by atoms with Crippen molar-refractivity contribution < 1.29 is 19.8 Å². The number of carboxylic acid groups (broad SMARTS) is 2. The van der Waals surface area contributed by atoms with Crippen molar-refractivity contribution in [2.75, 3.05) is 31.1 Å². The zero-order valence-electron chi connectivity index (χ0n) is 16.3. The third-order valence-electron chi connectivity index (χ3n) is 5.33. The first-order valence-electron chi connectivity index (χ1n) is 9.81. The van der Waals surface area contributed by atoms with E-state index < -0.39 is 11.9 Å².